The SMILES string of the molecule is COc1ccc(C(=O)N/N=C2/CCN[C@@H]3CCCC[C@@H]23)cc1COc1ccccc1Cl. The number of piperidine rings is 1. The standard InChI is InChI=1S/C24H28ClN3O3/c1-30-22-11-10-16(14-17(22)15-31-23-9-5-3-7-19(23)25)24(29)28-27-21-12-13-26-20-8-4-2-6-18(20)21/h3,5,7,9-11,14,18,20,26H,2,4,6,8,12-13,15H2,1H3,(H,28,29)/b27-21-/t18-,20-/m1/s1. The highest BCUT2D eigenvalue weighted by molar-refractivity contribution is 6.32. The number of fused-ring (bicyclic) bond motifs is 1. The molecule has 0 spiro atoms. The Hall–Kier alpha value is -2.57. The molecule has 2 atom stereocenters. The Labute approximate surface area is 188 Å². The molecule has 2 aromatic carbocycles. The summed E-state index contributed by atoms with van der Waals surface area (Å²) >= 11 is 6.17. The Balaban J connectivity index is 1.45. The van der Waals surface area contributed by atoms with E-state index in [1.165, 1.54) is 19.3 Å². The zero-order valence-corrected chi connectivity index (χ0v) is 18.5. The monoisotopic (exact) mass is 441 g/mol. The summed E-state index contributed by atoms with van der Waals surface area (Å²) in [6.45, 7) is 1.15. The zero-order chi connectivity index (χ0) is 21.6. The first-order valence-electron chi connectivity index (χ1n) is 10.8. The first kappa shape index (κ1) is 21.7. The average Bonchev–Trinajstić information content (AvgIpc) is 2.81. The van der Waals surface area contributed by atoms with Crippen LogP contribution in [0.1, 0.15) is 48.0 Å². The van der Waals surface area contributed by atoms with Gasteiger partial charge in [-0.1, -0.05) is 36.6 Å². The molecule has 31 heavy (non-hydrogen) atoms. The van der Waals surface area contributed by atoms with Crippen LogP contribution >= 0.6 is 11.6 Å². The molecule has 2 aromatic rings. The third-order valence-corrected chi connectivity index (χ3v) is 6.36. The lowest BCUT2D eigenvalue weighted by atomic mass is 9.78. The van der Waals surface area contributed by atoms with Crippen LogP contribution in [-0.2, 0) is 6.61 Å². The van der Waals surface area contributed by atoms with Crippen LogP contribution < -0.4 is 20.2 Å². The van der Waals surface area contributed by atoms with E-state index in [-0.39, 0.29) is 12.5 Å². The molecule has 2 fully saturated rings. The fourth-order valence-corrected chi connectivity index (χ4v) is 4.61. The molecule has 1 amide bonds. The maximum Gasteiger partial charge on any atom is 0.271 e. The highest BCUT2D eigenvalue weighted by atomic mass is 35.5. The third kappa shape index (κ3) is 5.20. The van der Waals surface area contributed by atoms with E-state index in [2.05, 4.69) is 15.8 Å². The molecule has 7 heteroatoms. The second-order valence-electron chi connectivity index (χ2n) is 7.99. The predicted molar refractivity (Wildman–Crippen MR) is 122 cm³/mol. The van der Waals surface area contributed by atoms with Crippen LogP contribution in [0.4, 0.5) is 0 Å². The molecular weight excluding hydrogens is 414 g/mol. The largest absolute Gasteiger partial charge is 0.496 e. The van der Waals surface area contributed by atoms with Gasteiger partial charge in [0.05, 0.1) is 12.1 Å². The van der Waals surface area contributed by atoms with Crippen molar-refractivity contribution in [3.05, 3.63) is 58.6 Å². The van der Waals surface area contributed by atoms with Gasteiger partial charge in [0.1, 0.15) is 18.1 Å². The summed E-state index contributed by atoms with van der Waals surface area (Å²) in [4.78, 5) is 12.8. The second-order valence-corrected chi connectivity index (χ2v) is 8.40. The summed E-state index contributed by atoms with van der Waals surface area (Å²) < 4.78 is 11.3. The van der Waals surface area contributed by atoms with E-state index in [1.54, 1.807) is 37.4 Å². The van der Waals surface area contributed by atoms with E-state index < -0.39 is 0 Å². The molecule has 2 N–H and O–H groups in total. The molecule has 1 saturated heterocycles. The van der Waals surface area contributed by atoms with Crippen LogP contribution in [0.5, 0.6) is 11.5 Å². The highest BCUT2D eigenvalue weighted by Crippen LogP contribution is 2.29. The number of carbonyl (C=O) groups excluding carboxylic acids is 1. The highest BCUT2D eigenvalue weighted by Gasteiger charge is 2.32. The normalized spacial score (nSPS) is 21.9. The number of hydrogen-bond acceptors (Lipinski definition) is 5. The molecule has 1 aliphatic carbocycles. The minimum atomic E-state index is -0.236. The van der Waals surface area contributed by atoms with Crippen molar-refractivity contribution in [2.75, 3.05) is 13.7 Å². The van der Waals surface area contributed by atoms with Gasteiger partial charge in [0, 0.05) is 41.8 Å². The number of methoxy groups -OCH3 is 1. The van der Waals surface area contributed by atoms with Gasteiger partial charge in [-0.25, -0.2) is 5.43 Å². The maximum atomic E-state index is 12.8. The number of halogens is 1. The van der Waals surface area contributed by atoms with Crippen molar-refractivity contribution in [3.63, 3.8) is 0 Å². The molecule has 164 valence electrons. The van der Waals surface area contributed by atoms with E-state index >= 15 is 0 Å². The number of ether oxygens (including phenoxy) is 2. The Morgan fingerprint density at radius 3 is 2.87 bits per heavy atom. The lowest BCUT2D eigenvalue weighted by Gasteiger charge is -2.37. The fraction of sp³-hybridized carbons (Fsp3) is 0.417. The Kier molecular flexibility index (Phi) is 7.10. The van der Waals surface area contributed by atoms with Crippen LogP contribution in [0.2, 0.25) is 5.02 Å². The van der Waals surface area contributed by atoms with E-state index in [1.807, 2.05) is 12.1 Å². The summed E-state index contributed by atoms with van der Waals surface area (Å²) in [5.41, 5.74) is 5.14. The third-order valence-electron chi connectivity index (χ3n) is 6.05. The van der Waals surface area contributed by atoms with E-state index in [4.69, 9.17) is 21.1 Å². The van der Waals surface area contributed by atoms with Gasteiger partial charge in [-0.2, -0.15) is 5.10 Å². The lowest BCUT2D eigenvalue weighted by Crippen LogP contribution is -2.48. The number of hydrazone groups is 1. The van der Waals surface area contributed by atoms with Gasteiger partial charge in [-0.05, 0) is 43.2 Å². The van der Waals surface area contributed by atoms with Gasteiger partial charge in [-0.15, -0.1) is 0 Å². The number of hydrogen-bond donors (Lipinski definition) is 2. The van der Waals surface area contributed by atoms with Crippen molar-refractivity contribution in [1.29, 1.82) is 0 Å². The molecule has 0 aromatic heterocycles. The van der Waals surface area contributed by atoms with Gasteiger partial charge in [-0.3, -0.25) is 4.79 Å². The molecule has 4 rings (SSSR count). The van der Waals surface area contributed by atoms with Crippen molar-refractivity contribution >= 4 is 23.2 Å². The fourth-order valence-electron chi connectivity index (χ4n) is 4.42. The first-order valence-corrected chi connectivity index (χ1v) is 11.2. The summed E-state index contributed by atoms with van der Waals surface area (Å²) in [7, 11) is 1.59. The van der Waals surface area contributed by atoms with Crippen molar-refractivity contribution in [1.82, 2.24) is 10.7 Å². The van der Waals surface area contributed by atoms with Crippen molar-refractivity contribution in [2.24, 2.45) is 11.0 Å². The lowest BCUT2D eigenvalue weighted by molar-refractivity contribution is 0.0954. The van der Waals surface area contributed by atoms with Gasteiger partial charge >= 0.3 is 0 Å². The van der Waals surface area contributed by atoms with Gasteiger partial charge in [0.15, 0.2) is 0 Å². The average molecular weight is 442 g/mol. The molecule has 1 heterocycles. The van der Waals surface area contributed by atoms with Gasteiger partial charge in [0.2, 0.25) is 0 Å². The van der Waals surface area contributed by atoms with Crippen molar-refractivity contribution in [2.45, 2.75) is 44.8 Å². The van der Waals surface area contributed by atoms with Gasteiger partial charge in [0.25, 0.3) is 5.91 Å². The summed E-state index contributed by atoms with van der Waals surface area (Å²) in [5.74, 6) is 1.43. The minimum absolute atomic E-state index is 0.234. The minimum Gasteiger partial charge on any atom is -0.496 e. The van der Waals surface area contributed by atoms with Crippen LogP contribution in [-0.4, -0.2) is 31.3 Å². The summed E-state index contributed by atoms with van der Waals surface area (Å²) in [5, 5.41) is 8.65. The molecule has 1 saturated carbocycles. The number of nitrogens with one attached hydrogen (secondary N) is 2. The Morgan fingerprint density at radius 2 is 2.03 bits per heavy atom. The maximum absolute atomic E-state index is 12.8. The van der Waals surface area contributed by atoms with Crippen molar-refractivity contribution in [3.8, 4) is 11.5 Å². The van der Waals surface area contributed by atoms with E-state index in [0.717, 1.165) is 30.7 Å². The molecule has 0 bridgehead atoms. The quantitative estimate of drug-likeness (QED) is 0.644. The Morgan fingerprint density at radius 1 is 1.19 bits per heavy atom. The molecule has 1 aliphatic heterocycles. The smallest absolute Gasteiger partial charge is 0.271 e. The van der Waals surface area contributed by atoms with Gasteiger partial charge < -0.3 is 14.8 Å². The molecule has 2 aliphatic rings. The molecule has 0 unspecified atom stereocenters. The van der Waals surface area contributed by atoms with Crippen LogP contribution in [0.25, 0.3) is 0 Å². The number of rotatable bonds is 6. The first-order chi connectivity index (χ1) is 15.2. The molecule has 0 radical (unpaired) electrons. The topological polar surface area (TPSA) is 72.0 Å². The van der Waals surface area contributed by atoms with Crippen molar-refractivity contribution < 1.29 is 14.3 Å². The number of nitrogens with zero attached hydrogens (tertiary/aromatic N) is 1. The number of amides is 1. The zero-order valence-electron chi connectivity index (χ0n) is 17.7. The van der Waals surface area contributed by atoms with Crippen LogP contribution in [0, 0.1) is 5.92 Å². The van der Waals surface area contributed by atoms with E-state index in [0.29, 0.717) is 34.0 Å². The number of para-hydroxylation sites is 1. The summed E-state index contributed by atoms with van der Waals surface area (Å²) in [6, 6.07) is 13.1. The second kappa shape index (κ2) is 10.2. The van der Waals surface area contributed by atoms with E-state index in [9.17, 15) is 4.79 Å². The number of carbonyl (C=O) groups is 1. The number of benzene rings is 2. The molecular formula is C24H28ClN3O3. The Bertz CT molecular complexity index is 961. The van der Waals surface area contributed by atoms with Crippen LogP contribution in [0.3, 0.4) is 0 Å². The van der Waals surface area contributed by atoms with Crippen LogP contribution in [0.15, 0.2) is 47.6 Å². The predicted octanol–water partition coefficient (Wildman–Crippen LogP) is 4.57. The molecule has 6 nitrogen and oxygen atoms in total. The summed E-state index contributed by atoms with van der Waals surface area (Å²) in [6.07, 6.45) is 5.69.